The van der Waals surface area contributed by atoms with Gasteiger partial charge in [-0.25, -0.2) is 0 Å². The smallest absolute Gasteiger partial charge is 0.246 e. The Labute approximate surface area is 136 Å². The first-order valence-corrected chi connectivity index (χ1v) is 8.03. The molecule has 0 radical (unpaired) electrons. The molecule has 0 bridgehead atoms. The lowest BCUT2D eigenvalue weighted by molar-refractivity contribution is -0.126. The minimum Gasteiger partial charge on any atom is -0.454 e. The molecule has 2 aliphatic heterocycles. The second-order valence-electron chi connectivity index (χ2n) is 5.60. The fourth-order valence-corrected chi connectivity index (χ4v) is 2.67. The molecule has 1 aromatic rings. The van der Waals surface area contributed by atoms with E-state index in [0.717, 1.165) is 43.0 Å². The molecule has 4 heteroatoms. The Morgan fingerprint density at radius 1 is 0.957 bits per heavy atom. The van der Waals surface area contributed by atoms with Gasteiger partial charge in [-0.1, -0.05) is 36.4 Å². The van der Waals surface area contributed by atoms with Crippen LogP contribution in [-0.2, 0) is 4.79 Å². The van der Waals surface area contributed by atoms with E-state index in [2.05, 4.69) is 0 Å². The monoisotopic (exact) mass is 311 g/mol. The molecule has 0 aliphatic carbocycles. The third-order valence-corrected chi connectivity index (χ3v) is 3.93. The average Bonchev–Trinajstić information content (AvgIpc) is 3.06. The maximum atomic E-state index is 11.9. The van der Waals surface area contributed by atoms with Gasteiger partial charge in [-0.05, 0) is 37.0 Å². The molecule has 0 N–H and O–H groups in total. The molecule has 1 aromatic carbocycles. The highest BCUT2D eigenvalue weighted by Crippen LogP contribution is 2.32. The summed E-state index contributed by atoms with van der Waals surface area (Å²) >= 11 is 0. The molecule has 3 rings (SSSR count). The second-order valence-corrected chi connectivity index (χ2v) is 5.60. The van der Waals surface area contributed by atoms with Crippen LogP contribution in [0.5, 0.6) is 11.5 Å². The van der Waals surface area contributed by atoms with E-state index in [0.29, 0.717) is 0 Å². The van der Waals surface area contributed by atoms with Crippen molar-refractivity contribution in [1.29, 1.82) is 0 Å². The molecule has 0 aromatic heterocycles. The van der Waals surface area contributed by atoms with Gasteiger partial charge < -0.3 is 14.4 Å². The van der Waals surface area contributed by atoms with Crippen molar-refractivity contribution in [3.63, 3.8) is 0 Å². The summed E-state index contributed by atoms with van der Waals surface area (Å²) in [4.78, 5) is 13.8. The number of benzene rings is 1. The predicted octanol–water partition coefficient (Wildman–Crippen LogP) is 3.55. The zero-order valence-electron chi connectivity index (χ0n) is 13.1. The minimum atomic E-state index is 0.106. The summed E-state index contributed by atoms with van der Waals surface area (Å²) in [5, 5.41) is 0. The molecule has 2 heterocycles. The van der Waals surface area contributed by atoms with Crippen molar-refractivity contribution in [2.45, 2.75) is 19.3 Å². The van der Waals surface area contributed by atoms with Crippen molar-refractivity contribution in [3.8, 4) is 11.5 Å². The third-order valence-electron chi connectivity index (χ3n) is 3.93. The summed E-state index contributed by atoms with van der Waals surface area (Å²) in [7, 11) is 0. The molecule has 1 saturated heterocycles. The molecule has 4 nitrogen and oxygen atoms in total. The van der Waals surface area contributed by atoms with Gasteiger partial charge in [0.25, 0.3) is 0 Å². The van der Waals surface area contributed by atoms with E-state index in [9.17, 15) is 4.79 Å². The molecule has 120 valence electrons. The highest BCUT2D eigenvalue weighted by molar-refractivity contribution is 5.87. The van der Waals surface area contributed by atoms with E-state index in [1.54, 1.807) is 12.2 Å². The fraction of sp³-hybridized carbons (Fsp3) is 0.316. The molecular weight excluding hydrogens is 290 g/mol. The topological polar surface area (TPSA) is 38.8 Å². The van der Waals surface area contributed by atoms with E-state index in [1.165, 1.54) is 6.42 Å². The summed E-state index contributed by atoms with van der Waals surface area (Å²) in [5.74, 6) is 1.68. The standard InChI is InChI=1S/C19H21NO3/c21-19(20-12-6-3-7-13-20)9-5-2-1-4-8-16-10-11-17-18(14-16)23-15-22-17/h1-2,4-5,8-11,14H,3,6-7,12-13,15H2/b2-1-,8-4+,9-5+. The van der Waals surface area contributed by atoms with Gasteiger partial charge in [0, 0.05) is 19.2 Å². The van der Waals surface area contributed by atoms with Gasteiger partial charge in [0.1, 0.15) is 0 Å². The largest absolute Gasteiger partial charge is 0.454 e. The maximum Gasteiger partial charge on any atom is 0.246 e. The van der Waals surface area contributed by atoms with Crippen LogP contribution in [0.25, 0.3) is 6.08 Å². The Bertz CT molecular complexity index is 640. The van der Waals surface area contributed by atoms with Crippen molar-refractivity contribution in [2.24, 2.45) is 0 Å². The van der Waals surface area contributed by atoms with Crippen LogP contribution in [0.15, 0.2) is 48.6 Å². The van der Waals surface area contributed by atoms with Crippen LogP contribution in [0.4, 0.5) is 0 Å². The Hall–Kier alpha value is -2.49. The zero-order chi connectivity index (χ0) is 15.9. The van der Waals surface area contributed by atoms with Gasteiger partial charge in [0.2, 0.25) is 12.7 Å². The molecule has 0 saturated carbocycles. The van der Waals surface area contributed by atoms with E-state index in [1.807, 2.05) is 47.4 Å². The third kappa shape index (κ3) is 4.25. The highest BCUT2D eigenvalue weighted by atomic mass is 16.7. The van der Waals surface area contributed by atoms with Crippen molar-refractivity contribution < 1.29 is 14.3 Å². The number of piperidine rings is 1. The van der Waals surface area contributed by atoms with Crippen molar-refractivity contribution >= 4 is 12.0 Å². The quantitative estimate of drug-likeness (QED) is 0.630. The number of hydrogen-bond donors (Lipinski definition) is 0. The first-order chi connectivity index (χ1) is 11.3. The Kier molecular flexibility index (Phi) is 5.14. The first-order valence-electron chi connectivity index (χ1n) is 8.03. The van der Waals surface area contributed by atoms with Gasteiger partial charge in [0.05, 0.1) is 0 Å². The number of carbonyl (C=O) groups excluding carboxylic acids is 1. The summed E-state index contributed by atoms with van der Waals surface area (Å²) in [6, 6.07) is 5.83. The Morgan fingerprint density at radius 3 is 2.61 bits per heavy atom. The molecule has 0 atom stereocenters. The minimum absolute atomic E-state index is 0.106. The van der Waals surface area contributed by atoms with Crippen LogP contribution in [0.3, 0.4) is 0 Å². The number of ether oxygens (including phenoxy) is 2. The lowest BCUT2D eigenvalue weighted by Gasteiger charge is -2.25. The molecule has 0 unspecified atom stereocenters. The van der Waals surface area contributed by atoms with Crippen molar-refractivity contribution in [2.75, 3.05) is 19.9 Å². The SMILES string of the molecule is O=C(/C=C/C=C\C=C\c1ccc2c(c1)OCO2)N1CCCCC1. The highest BCUT2D eigenvalue weighted by Gasteiger charge is 2.13. The predicted molar refractivity (Wildman–Crippen MR) is 90.3 cm³/mol. The van der Waals surface area contributed by atoms with E-state index >= 15 is 0 Å². The van der Waals surface area contributed by atoms with Gasteiger partial charge in [0.15, 0.2) is 11.5 Å². The molecule has 1 amide bonds. The summed E-state index contributed by atoms with van der Waals surface area (Å²) in [6.07, 6.45) is 14.6. The average molecular weight is 311 g/mol. The van der Waals surface area contributed by atoms with E-state index in [-0.39, 0.29) is 12.7 Å². The molecule has 0 spiro atoms. The molecule has 23 heavy (non-hydrogen) atoms. The second kappa shape index (κ2) is 7.68. The van der Waals surface area contributed by atoms with Gasteiger partial charge in [-0.3, -0.25) is 4.79 Å². The van der Waals surface area contributed by atoms with Crippen molar-refractivity contribution in [3.05, 3.63) is 54.1 Å². The Morgan fingerprint density at radius 2 is 1.74 bits per heavy atom. The fourth-order valence-electron chi connectivity index (χ4n) is 2.67. The molecule has 2 aliphatic rings. The number of allylic oxidation sites excluding steroid dienone is 4. The molecular formula is C19H21NO3. The summed E-state index contributed by atoms with van der Waals surface area (Å²) < 4.78 is 10.6. The van der Waals surface area contributed by atoms with Crippen LogP contribution in [0.1, 0.15) is 24.8 Å². The van der Waals surface area contributed by atoms with Crippen LogP contribution in [0, 0.1) is 0 Å². The van der Waals surface area contributed by atoms with Crippen molar-refractivity contribution in [1.82, 2.24) is 4.90 Å². The van der Waals surface area contributed by atoms with Crippen LogP contribution < -0.4 is 9.47 Å². The number of fused-ring (bicyclic) bond motifs is 1. The van der Waals surface area contributed by atoms with E-state index in [4.69, 9.17) is 9.47 Å². The Balaban J connectivity index is 1.48. The number of rotatable bonds is 4. The zero-order valence-corrected chi connectivity index (χ0v) is 13.1. The number of likely N-dealkylation sites (tertiary alicyclic amines) is 1. The van der Waals surface area contributed by atoms with Crippen LogP contribution in [-0.4, -0.2) is 30.7 Å². The van der Waals surface area contributed by atoms with Gasteiger partial charge >= 0.3 is 0 Å². The van der Waals surface area contributed by atoms with Gasteiger partial charge in [-0.2, -0.15) is 0 Å². The van der Waals surface area contributed by atoms with E-state index < -0.39 is 0 Å². The summed E-state index contributed by atoms with van der Waals surface area (Å²) in [5.41, 5.74) is 1.05. The van der Waals surface area contributed by atoms with Gasteiger partial charge in [-0.15, -0.1) is 0 Å². The number of amides is 1. The number of hydrogen-bond acceptors (Lipinski definition) is 3. The number of carbonyl (C=O) groups is 1. The molecule has 1 fully saturated rings. The maximum absolute atomic E-state index is 11.9. The lowest BCUT2D eigenvalue weighted by Crippen LogP contribution is -2.34. The summed E-state index contributed by atoms with van der Waals surface area (Å²) in [6.45, 7) is 2.06. The first kappa shape index (κ1) is 15.4. The normalized spacial score (nSPS) is 17.7. The van der Waals surface area contributed by atoms with Crippen LogP contribution in [0.2, 0.25) is 0 Å². The van der Waals surface area contributed by atoms with Crippen LogP contribution >= 0.6 is 0 Å². The number of nitrogens with zero attached hydrogens (tertiary/aromatic N) is 1. The lowest BCUT2D eigenvalue weighted by atomic mass is 10.1.